The van der Waals surface area contributed by atoms with Crippen molar-refractivity contribution in [3.8, 4) is 0 Å². The van der Waals surface area contributed by atoms with E-state index in [1.54, 1.807) is 11.3 Å². The van der Waals surface area contributed by atoms with E-state index in [4.69, 9.17) is 9.97 Å². The molecule has 1 atom stereocenters. The molecule has 1 aliphatic heterocycles. The second kappa shape index (κ2) is 8.65. The lowest BCUT2D eigenvalue weighted by Crippen LogP contribution is -2.34. The van der Waals surface area contributed by atoms with Gasteiger partial charge in [0.2, 0.25) is 0 Å². The second-order valence-electron chi connectivity index (χ2n) is 8.21. The minimum atomic E-state index is -0.0664. The molecule has 5 rings (SSSR count). The Bertz CT molecular complexity index is 996. The van der Waals surface area contributed by atoms with Crippen molar-refractivity contribution in [1.82, 2.24) is 30.4 Å². The predicted octanol–water partition coefficient (Wildman–Crippen LogP) is 3.45. The van der Waals surface area contributed by atoms with E-state index in [0.717, 1.165) is 54.8 Å². The Kier molecular flexibility index (Phi) is 5.59. The van der Waals surface area contributed by atoms with E-state index in [2.05, 4.69) is 25.8 Å². The number of carbonyl (C=O) groups is 1. The van der Waals surface area contributed by atoms with Crippen LogP contribution >= 0.6 is 11.3 Å². The molecule has 156 valence electrons. The summed E-state index contributed by atoms with van der Waals surface area (Å²) in [5.74, 6) is 2.99. The maximum Gasteiger partial charge on any atom is 0.251 e. The van der Waals surface area contributed by atoms with Gasteiger partial charge in [-0.3, -0.25) is 14.8 Å². The molecule has 1 aliphatic carbocycles. The van der Waals surface area contributed by atoms with Crippen molar-refractivity contribution in [3.05, 3.63) is 63.6 Å². The molecule has 2 N–H and O–H groups in total. The number of benzene rings is 1. The highest BCUT2D eigenvalue weighted by molar-refractivity contribution is 7.09. The highest BCUT2D eigenvalue weighted by Crippen LogP contribution is 2.38. The number of nitrogens with zero attached hydrogens (tertiary/aromatic N) is 4. The lowest BCUT2D eigenvalue weighted by Gasteiger charge is -2.30. The van der Waals surface area contributed by atoms with Crippen molar-refractivity contribution in [3.63, 3.8) is 0 Å². The number of nitrogens with one attached hydrogen (secondary N) is 2. The summed E-state index contributed by atoms with van der Waals surface area (Å²) in [5, 5.41) is 13.6. The van der Waals surface area contributed by atoms with Crippen LogP contribution in [0.25, 0.3) is 0 Å². The third-order valence-electron chi connectivity index (χ3n) is 5.78. The van der Waals surface area contributed by atoms with E-state index in [1.165, 1.54) is 12.8 Å². The Morgan fingerprint density at radius 3 is 2.87 bits per heavy atom. The quantitative estimate of drug-likeness (QED) is 0.609. The second-order valence-corrected chi connectivity index (χ2v) is 9.15. The molecule has 1 saturated carbocycles. The normalized spacial score (nSPS) is 19.7. The van der Waals surface area contributed by atoms with Crippen LogP contribution in [-0.2, 0) is 13.1 Å². The van der Waals surface area contributed by atoms with Crippen LogP contribution in [0.3, 0.4) is 0 Å². The van der Waals surface area contributed by atoms with E-state index in [-0.39, 0.29) is 5.91 Å². The molecule has 8 heteroatoms. The summed E-state index contributed by atoms with van der Waals surface area (Å²) in [6.07, 6.45) is 4.78. The van der Waals surface area contributed by atoms with Crippen molar-refractivity contribution in [1.29, 1.82) is 0 Å². The average molecular weight is 423 g/mol. The van der Waals surface area contributed by atoms with Crippen LogP contribution < -0.4 is 5.32 Å². The zero-order valence-corrected chi connectivity index (χ0v) is 17.7. The Morgan fingerprint density at radius 1 is 1.17 bits per heavy atom. The summed E-state index contributed by atoms with van der Waals surface area (Å²) in [6, 6.07) is 9.28. The minimum absolute atomic E-state index is 0.0664. The van der Waals surface area contributed by atoms with Crippen molar-refractivity contribution in [2.75, 3.05) is 13.1 Å². The first kappa shape index (κ1) is 19.4. The van der Waals surface area contributed by atoms with Crippen molar-refractivity contribution in [2.24, 2.45) is 0 Å². The molecule has 0 spiro atoms. The molecule has 0 bridgehead atoms. The van der Waals surface area contributed by atoms with Crippen LogP contribution in [0, 0.1) is 0 Å². The SMILES string of the molecule is O=C(NCc1nc(CN2CCCC(c3n[nH]c(C4CC4)n3)C2)cs1)c1ccccc1. The number of likely N-dealkylation sites (tertiary alicyclic amines) is 1. The fraction of sp³-hybridized carbons (Fsp3) is 0.455. The molecule has 7 nitrogen and oxygen atoms in total. The van der Waals surface area contributed by atoms with Gasteiger partial charge in [0, 0.05) is 35.9 Å². The van der Waals surface area contributed by atoms with Gasteiger partial charge in [-0.05, 0) is 44.4 Å². The average Bonchev–Trinajstić information content (AvgIpc) is 3.34. The van der Waals surface area contributed by atoms with Gasteiger partial charge >= 0.3 is 0 Å². The number of carbonyl (C=O) groups excluding carboxylic acids is 1. The molecular formula is C22H26N6OS. The molecule has 1 amide bonds. The Hall–Kier alpha value is -2.58. The largest absolute Gasteiger partial charge is 0.346 e. The first-order valence-electron chi connectivity index (χ1n) is 10.7. The number of rotatable bonds is 7. The number of aromatic amines is 1. The lowest BCUT2D eigenvalue weighted by atomic mass is 9.97. The predicted molar refractivity (Wildman–Crippen MR) is 115 cm³/mol. The highest BCUT2D eigenvalue weighted by Gasteiger charge is 2.30. The molecule has 3 aromatic rings. The number of aromatic nitrogens is 4. The molecule has 30 heavy (non-hydrogen) atoms. The number of thiazole rings is 1. The first-order valence-corrected chi connectivity index (χ1v) is 11.5. The Morgan fingerprint density at radius 2 is 2.03 bits per heavy atom. The third-order valence-corrected chi connectivity index (χ3v) is 6.67. The Balaban J connectivity index is 1.14. The van der Waals surface area contributed by atoms with Crippen molar-refractivity contribution in [2.45, 2.75) is 50.6 Å². The number of hydrogen-bond acceptors (Lipinski definition) is 6. The fourth-order valence-electron chi connectivity index (χ4n) is 4.00. The van der Waals surface area contributed by atoms with Crippen molar-refractivity contribution >= 4 is 17.2 Å². The van der Waals surface area contributed by atoms with Crippen LogP contribution in [0.5, 0.6) is 0 Å². The first-order chi connectivity index (χ1) is 14.7. The van der Waals surface area contributed by atoms with Gasteiger partial charge in [0.1, 0.15) is 10.8 Å². The molecule has 2 aromatic heterocycles. The highest BCUT2D eigenvalue weighted by atomic mass is 32.1. The molecule has 2 aliphatic rings. The van der Waals surface area contributed by atoms with Crippen LogP contribution in [0.15, 0.2) is 35.7 Å². The maximum atomic E-state index is 12.2. The molecule has 1 saturated heterocycles. The molecule has 1 unspecified atom stereocenters. The Labute approximate surface area is 179 Å². The van der Waals surface area contributed by atoms with E-state index in [1.807, 2.05) is 30.3 Å². The topological polar surface area (TPSA) is 86.8 Å². The van der Waals surface area contributed by atoms with Crippen LogP contribution in [0.2, 0.25) is 0 Å². The summed E-state index contributed by atoms with van der Waals surface area (Å²) in [6.45, 7) is 3.34. The third kappa shape index (κ3) is 4.60. The molecule has 2 fully saturated rings. The standard InChI is InChI=1S/C22H26N6OS/c29-22(16-5-2-1-3-6-16)23-11-19-24-18(14-30-19)13-28-10-4-7-17(12-28)21-25-20(26-27-21)15-8-9-15/h1-3,5-6,14-15,17H,4,7-13H2,(H,23,29)(H,25,26,27). The summed E-state index contributed by atoms with van der Waals surface area (Å²) < 4.78 is 0. The zero-order valence-electron chi connectivity index (χ0n) is 16.9. The summed E-state index contributed by atoms with van der Waals surface area (Å²) >= 11 is 1.60. The van der Waals surface area contributed by atoms with Gasteiger partial charge in [-0.15, -0.1) is 11.3 Å². The van der Waals surface area contributed by atoms with E-state index < -0.39 is 0 Å². The fourth-order valence-corrected chi connectivity index (χ4v) is 4.72. The molecular weight excluding hydrogens is 396 g/mol. The van der Waals surface area contributed by atoms with E-state index in [9.17, 15) is 4.79 Å². The van der Waals surface area contributed by atoms with Crippen LogP contribution in [0.1, 0.15) is 70.2 Å². The van der Waals surface area contributed by atoms with Gasteiger partial charge in [0.05, 0.1) is 12.2 Å². The van der Waals surface area contributed by atoms with Gasteiger partial charge < -0.3 is 5.32 Å². The zero-order chi connectivity index (χ0) is 20.3. The van der Waals surface area contributed by atoms with E-state index >= 15 is 0 Å². The van der Waals surface area contributed by atoms with Crippen LogP contribution in [-0.4, -0.2) is 44.1 Å². The lowest BCUT2D eigenvalue weighted by molar-refractivity contribution is 0.0951. The van der Waals surface area contributed by atoms with E-state index in [0.29, 0.717) is 23.9 Å². The number of piperidine rings is 1. The van der Waals surface area contributed by atoms with Gasteiger partial charge in [-0.25, -0.2) is 9.97 Å². The minimum Gasteiger partial charge on any atom is -0.346 e. The monoisotopic (exact) mass is 422 g/mol. The van der Waals surface area contributed by atoms with Gasteiger partial charge in [0.25, 0.3) is 5.91 Å². The number of hydrogen-bond donors (Lipinski definition) is 2. The summed E-state index contributed by atoms with van der Waals surface area (Å²) in [5.41, 5.74) is 1.74. The van der Waals surface area contributed by atoms with Gasteiger partial charge in [0.15, 0.2) is 5.82 Å². The number of H-pyrrole nitrogens is 1. The molecule has 0 radical (unpaired) electrons. The van der Waals surface area contributed by atoms with Gasteiger partial charge in [-0.1, -0.05) is 18.2 Å². The summed E-state index contributed by atoms with van der Waals surface area (Å²) in [7, 11) is 0. The van der Waals surface area contributed by atoms with Crippen LogP contribution in [0.4, 0.5) is 0 Å². The summed E-state index contributed by atoms with van der Waals surface area (Å²) in [4.78, 5) is 24.1. The maximum absolute atomic E-state index is 12.2. The number of amides is 1. The smallest absolute Gasteiger partial charge is 0.251 e. The molecule has 1 aromatic carbocycles. The molecule has 3 heterocycles. The van der Waals surface area contributed by atoms with Gasteiger partial charge in [-0.2, -0.15) is 5.10 Å². The van der Waals surface area contributed by atoms with Crippen molar-refractivity contribution < 1.29 is 4.79 Å².